The van der Waals surface area contributed by atoms with E-state index < -0.39 is 45.4 Å². The number of ether oxygens (including phenoxy) is 2. The van der Waals surface area contributed by atoms with Gasteiger partial charge >= 0.3 is 5.97 Å². The van der Waals surface area contributed by atoms with E-state index in [0.717, 1.165) is 59.5 Å². The Kier molecular flexibility index (Phi) is 9.27. The third kappa shape index (κ3) is 5.07. The zero-order valence-corrected chi connectivity index (χ0v) is 33.9. The monoisotopic (exact) mass is 782 g/mol. The van der Waals surface area contributed by atoms with Crippen LogP contribution in [0.4, 0.5) is 5.69 Å². The molecule has 6 aliphatic rings. The lowest BCUT2D eigenvalue weighted by Gasteiger charge is -2.63. The maximum absolute atomic E-state index is 14.3. The third-order valence-corrected chi connectivity index (χ3v) is 15.9. The van der Waals surface area contributed by atoms with Gasteiger partial charge in [0.1, 0.15) is 12.6 Å². The molecule has 0 amide bonds. The van der Waals surface area contributed by atoms with Gasteiger partial charge in [-0.1, -0.05) is 57.2 Å². The Hall–Kier alpha value is -3.78. The molecule has 2 unspecified atom stereocenters. The summed E-state index contributed by atoms with van der Waals surface area (Å²) in [5.74, 6) is -1.20. The lowest BCUT2D eigenvalue weighted by atomic mass is 9.45. The number of aliphatic hydroxyl groups is 3. The van der Waals surface area contributed by atoms with Gasteiger partial charge in [-0.3, -0.25) is 19.4 Å². The van der Waals surface area contributed by atoms with E-state index in [2.05, 4.69) is 52.1 Å². The van der Waals surface area contributed by atoms with Crippen LogP contribution in [0.2, 0.25) is 0 Å². The minimum Gasteiger partial charge on any atom is -0.467 e. The van der Waals surface area contributed by atoms with Crippen molar-refractivity contribution >= 4 is 29.0 Å². The van der Waals surface area contributed by atoms with Gasteiger partial charge in [0.15, 0.2) is 5.60 Å². The fourth-order valence-corrected chi connectivity index (χ4v) is 13.6. The summed E-state index contributed by atoms with van der Waals surface area (Å²) in [5.41, 5.74) is 0.969. The highest BCUT2D eigenvalue weighted by atomic mass is 16.7. The van der Waals surface area contributed by atoms with Gasteiger partial charge in [0.25, 0.3) is 6.47 Å². The number of H-pyrrole nitrogens is 1. The van der Waals surface area contributed by atoms with Crippen LogP contribution in [0.15, 0.2) is 48.6 Å². The largest absolute Gasteiger partial charge is 0.467 e. The summed E-state index contributed by atoms with van der Waals surface area (Å²) >= 11 is 0. The number of anilines is 1. The van der Waals surface area contributed by atoms with E-state index in [-0.39, 0.29) is 25.2 Å². The Bertz CT molecular complexity index is 2120. The van der Waals surface area contributed by atoms with Gasteiger partial charge in [0, 0.05) is 65.6 Å². The highest BCUT2D eigenvalue weighted by molar-refractivity contribution is 5.87. The molecule has 12 heteroatoms. The fourth-order valence-electron chi connectivity index (χ4n) is 13.6. The lowest BCUT2D eigenvalue weighted by molar-refractivity contribution is -0.203. The van der Waals surface area contributed by atoms with Crippen LogP contribution < -0.4 is 5.06 Å². The second-order valence-corrected chi connectivity index (χ2v) is 18.0. The van der Waals surface area contributed by atoms with Crippen molar-refractivity contribution in [1.82, 2.24) is 14.8 Å². The number of para-hydroxylation sites is 1. The van der Waals surface area contributed by atoms with Crippen LogP contribution in [-0.2, 0) is 47.8 Å². The second kappa shape index (κ2) is 13.6. The molecule has 10 atom stereocenters. The Morgan fingerprint density at radius 2 is 1.86 bits per heavy atom. The molecule has 12 nitrogen and oxygen atoms in total. The van der Waals surface area contributed by atoms with Gasteiger partial charge in [-0.05, 0) is 85.4 Å². The fraction of sp³-hybridized carbons (Fsp3) is 0.600. The number of aromatic nitrogens is 1. The average molecular weight is 783 g/mol. The van der Waals surface area contributed by atoms with Crippen molar-refractivity contribution < 1.29 is 39.2 Å². The summed E-state index contributed by atoms with van der Waals surface area (Å²) in [6.07, 6.45) is 8.23. The molecule has 5 aliphatic heterocycles. The number of nitrogens with zero attached hydrogens (tertiary/aromatic N) is 3. The van der Waals surface area contributed by atoms with Gasteiger partial charge in [0.05, 0.1) is 37.5 Å². The summed E-state index contributed by atoms with van der Waals surface area (Å²) in [6, 6.07) is 11.5. The van der Waals surface area contributed by atoms with Gasteiger partial charge in [-0.2, -0.15) is 0 Å². The number of rotatable bonds is 9. The van der Waals surface area contributed by atoms with Crippen molar-refractivity contribution in [3.8, 4) is 0 Å². The molecule has 2 saturated heterocycles. The van der Waals surface area contributed by atoms with Crippen LogP contribution in [0.5, 0.6) is 0 Å². The van der Waals surface area contributed by atoms with E-state index >= 15 is 0 Å². The first kappa shape index (κ1) is 38.7. The predicted molar refractivity (Wildman–Crippen MR) is 214 cm³/mol. The van der Waals surface area contributed by atoms with Crippen molar-refractivity contribution in [2.75, 3.05) is 58.6 Å². The number of methoxy groups -OCH3 is 1. The highest BCUT2D eigenvalue weighted by Crippen LogP contribution is 2.69. The molecule has 57 heavy (non-hydrogen) atoms. The quantitative estimate of drug-likeness (QED) is 0.141. The third-order valence-electron chi connectivity index (χ3n) is 15.9. The predicted octanol–water partition coefficient (Wildman–Crippen LogP) is 4.11. The van der Waals surface area contributed by atoms with Gasteiger partial charge in [0.2, 0.25) is 0 Å². The molecule has 3 aromatic rings. The molecular formula is C45H58N4O8. The molecule has 1 aliphatic carbocycles. The SMILES string of the molecule is CC[C@]1(O)CC2CN(CCc3c([nH]c4ccccc34)[C@@](COC=O)(c3cc4c(cc3CO)N(OC)[C@H]3[C@@](O)(C(=O)OC)[C@@H](C)[C@]5(CC)C=CCN6CC[C@]43[C@@H]65)C2)C1. The van der Waals surface area contributed by atoms with E-state index in [1.165, 1.54) is 7.11 Å². The van der Waals surface area contributed by atoms with Crippen molar-refractivity contribution in [3.63, 3.8) is 0 Å². The van der Waals surface area contributed by atoms with E-state index in [0.29, 0.717) is 62.8 Å². The highest BCUT2D eigenvalue weighted by Gasteiger charge is 2.79. The van der Waals surface area contributed by atoms with Gasteiger partial charge in [-0.25, -0.2) is 9.86 Å². The van der Waals surface area contributed by atoms with Crippen LogP contribution in [0.3, 0.4) is 0 Å². The van der Waals surface area contributed by atoms with E-state index in [9.17, 15) is 24.9 Å². The van der Waals surface area contributed by atoms with Crippen LogP contribution >= 0.6 is 0 Å². The number of esters is 1. The number of hydrogen-bond acceptors (Lipinski definition) is 11. The summed E-state index contributed by atoms with van der Waals surface area (Å²) in [6.45, 7) is 10.0. The summed E-state index contributed by atoms with van der Waals surface area (Å²) in [5, 5.41) is 39.5. The molecule has 4 N–H and O–H groups in total. The molecule has 6 heterocycles. The Morgan fingerprint density at radius 3 is 2.58 bits per heavy atom. The first-order chi connectivity index (χ1) is 27.4. The minimum absolute atomic E-state index is 0.00784. The summed E-state index contributed by atoms with van der Waals surface area (Å²) in [7, 11) is 2.91. The molecule has 3 fully saturated rings. The first-order valence-corrected chi connectivity index (χ1v) is 20.9. The number of piperidine rings is 1. The number of benzene rings is 2. The molecule has 1 saturated carbocycles. The van der Waals surface area contributed by atoms with Crippen LogP contribution in [0, 0.1) is 17.3 Å². The van der Waals surface area contributed by atoms with Crippen molar-refractivity contribution in [2.24, 2.45) is 17.3 Å². The number of aliphatic hydroxyl groups excluding tert-OH is 1. The van der Waals surface area contributed by atoms with Crippen molar-refractivity contribution in [1.29, 1.82) is 0 Å². The Morgan fingerprint density at radius 1 is 1.05 bits per heavy atom. The van der Waals surface area contributed by atoms with Crippen molar-refractivity contribution in [3.05, 3.63) is 76.5 Å². The first-order valence-electron chi connectivity index (χ1n) is 20.9. The number of aromatic amines is 1. The zero-order valence-electron chi connectivity index (χ0n) is 33.9. The maximum atomic E-state index is 14.3. The van der Waals surface area contributed by atoms with Gasteiger partial charge in [-0.15, -0.1) is 0 Å². The lowest BCUT2D eigenvalue weighted by Crippen LogP contribution is -2.78. The van der Waals surface area contributed by atoms with E-state index in [1.807, 2.05) is 32.0 Å². The van der Waals surface area contributed by atoms with Crippen LogP contribution in [0.1, 0.15) is 80.8 Å². The number of hydrogen-bond donors (Lipinski definition) is 4. The Balaban J connectivity index is 1.36. The molecule has 2 aromatic carbocycles. The van der Waals surface area contributed by atoms with Crippen molar-refractivity contribution in [2.45, 2.75) is 100 Å². The van der Waals surface area contributed by atoms with E-state index in [1.54, 1.807) is 12.2 Å². The number of fused-ring (bicyclic) bond motifs is 6. The molecule has 9 rings (SSSR count). The molecule has 1 spiro atoms. The molecule has 1 aromatic heterocycles. The maximum Gasteiger partial charge on any atom is 0.340 e. The summed E-state index contributed by atoms with van der Waals surface area (Å²) < 4.78 is 11.5. The zero-order chi connectivity index (χ0) is 40.1. The summed E-state index contributed by atoms with van der Waals surface area (Å²) in [4.78, 5) is 41.7. The molecule has 2 bridgehead atoms. The molecule has 0 radical (unpaired) electrons. The number of carbonyl (C=O) groups is 2. The second-order valence-electron chi connectivity index (χ2n) is 18.0. The van der Waals surface area contributed by atoms with Crippen LogP contribution in [-0.4, -0.2) is 119 Å². The van der Waals surface area contributed by atoms with Crippen LogP contribution in [0.25, 0.3) is 10.9 Å². The standard InChI is InChI=1S/C45H58N4O8/c1-6-41(53)21-29-22-43(26-57-27-51,37-32(13-17-47(23-29)25-41)31-11-8-9-12-35(31)46-37)33-20-34-36(19-30(33)24-50)49(56-5)39-44(34)15-18-48-16-10-14-42(7-2,38(44)48)28(3)45(39,54)40(52)55-4/h8-12,14,19-20,27-29,38-39,46,50,53-54H,6-7,13,15-18,21-26H2,1-5H3/t28-,29?,38-,39+,41-,42-,43-,44+,45+/m0/s1. The minimum atomic E-state index is -1.97. The smallest absolute Gasteiger partial charge is 0.340 e. The number of hydroxylamine groups is 1. The molecular weight excluding hydrogens is 725 g/mol. The molecule has 306 valence electrons. The van der Waals surface area contributed by atoms with Gasteiger partial charge < -0.3 is 29.8 Å². The average Bonchev–Trinajstić information content (AvgIpc) is 3.90. The topological polar surface area (TPSA) is 148 Å². The number of nitrogens with one attached hydrogen (secondary N) is 1. The van der Waals surface area contributed by atoms with E-state index in [4.69, 9.17) is 14.3 Å². The normalized spacial score (nSPS) is 38.0. The Labute approximate surface area is 334 Å². The number of carbonyl (C=O) groups excluding carboxylic acids is 2.